The number of halogens is 6. The minimum Gasteiger partial charge on any atom is -0.447 e. The lowest BCUT2D eigenvalue weighted by Gasteiger charge is -2.33. The minimum absolute atomic E-state index is 0.0619. The van der Waals surface area contributed by atoms with Gasteiger partial charge >= 0.3 is 18.2 Å². The van der Waals surface area contributed by atoms with Crippen LogP contribution in [0.3, 0.4) is 0 Å². The Morgan fingerprint density at radius 2 is 1.45 bits per heavy atom. The fraction of sp³-hybridized carbons (Fsp3) is 0.250. The van der Waals surface area contributed by atoms with Gasteiger partial charge in [-0.3, -0.25) is 5.32 Å². The highest BCUT2D eigenvalue weighted by Gasteiger charge is 2.29. The van der Waals surface area contributed by atoms with Crippen molar-refractivity contribution in [2.24, 2.45) is 0 Å². The van der Waals surface area contributed by atoms with Gasteiger partial charge in [0.1, 0.15) is 23.9 Å². The van der Waals surface area contributed by atoms with Crippen molar-refractivity contribution in [2.45, 2.75) is 25.6 Å². The van der Waals surface area contributed by atoms with Gasteiger partial charge in [0.2, 0.25) is 5.88 Å². The number of aromatic nitrogens is 1. The first kappa shape index (κ1) is 36.8. The van der Waals surface area contributed by atoms with E-state index in [1.54, 1.807) is 24.3 Å². The maximum atomic E-state index is 13.9. The molecule has 0 aliphatic heterocycles. The number of carbonyl (C=O) groups excluding carboxylic acids is 3. The molecule has 4 aromatic rings. The van der Waals surface area contributed by atoms with Gasteiger partial charge in [0.25, 0.3) is 6.43 Å². The van der Waals surface area contributed by atoms with E-state index in [1.807, 2.05) is 6.07 Å². The molecule has 1 atom stereocenters. The third kappa shape index (κ3) is 10.5. The second-order valence-electron chi connectivity index (χ2n) is 10.5. The van der Waals surface area contributed by atoms with Crippen LogP contribution >= 0.6 is 23.2 Å². The Balaban J connectivity index is 1.47. The van der Waals surface area contributed by atoms with Gasteiger partial charge in [0, 0.05) is 38.3 Å². The largest absolute Gasteiger partial charge is 0.447 e. The standard InChI is InChI=1S/C32H30Cl2F4N6O5/c1-43(30(45)39-14-20-9-5-11-23(35)28(20)33)22(18-48-32(47)41-27-13-25(42-49-27)19-7-3-2-4-8-19)16-44(17-26(37)38)31(46)40-15-21-10-6-12-24(36)29(21)34/h2-13,22,26H,14-18H2,1H3,(H,39,45)(H,40,46)(H,41,47). The summed E-state index contributed by atoms with van der Waals surface area (Å²) in [5.41, 5.74) is 1.60. The summed E-state index contributed by atoms with van der Waals surface area (Å²) in [6.45, 7) is -2.71. The van der Waals surface area contributed by atoms with Crippen molar-refractivity contribution < 1.29 is 41.2 Å². The first-order valence-corrected chi connectivity index (χ1v) is 15.3. The lowest BCUT2D eigenvalue weighted by molar-refractivity contribution is 0.0703. The molecular weight excluding hydrogens is 695 g/mol. The Kier molecular flexibility index (Phi) is 13.1. The number of alkyl halides is 2. The Labute approximate surface area is 288 Å². The molecule has 0 saturated heterocycles. The summed E-state index contributed by atoms with van der Waals surface area (Å²) in [7, 11) is 1.28. The van der Waals surface area contributed by atoms with Crippen molar-refractivity contribution in [1.29, 1.82) is 0 Å². The Hall–Kier alpha value is -5.02. The topological polar surface area (TPSA) is 129 Å². The third-order valence-corrected chi connectivity index (χ3v) is 7.93. The maximum absolute atomic E-state index is 13.9. The van der Waals surface area contributed by atoms with Gasteiger partial charge in [-0.25, -0.2) is 31.9 Å². The summed E-state index contributed by atoms with van der Waals surface area (Å²) < 4.78 is 65.5. The van der Waals surface area contributed by atoms with Crippen LogP contribution in [0.25, 0.3) is 11.3 Å². The van der Waals surface area contributed by atoms with Gasteiger partial charge in [-0.2, -0.15) is 0 Å². The number of hydrogen-bond donors (Lipinski definition) is 3. The molecule has 260 valence electrons. The summed E-state index contributed by atoms with van der Waals surface area (Å²) >= 11 is 11.9. The lowest BCUT2D eigenvalue weighted by Crippen LogP contribution is -2.54. The molecule has 4 rings (SSSR count). The Morgan fingerprint density at radius 3 is 2.04 bits per heavy atom. The van der Waals surface area contributed by atoms with Crippen LogP contribution in [0.5, 0.6) is 0 Å². The molecule has 3 N–H and O–H groups in total. The molecule has 0 bridgehead atoms. The number of ether oxygens (including phenoxy) is 1. The normalized spacial score (nSPS) is 11.5. The minimum atomic E-state index is -2.99. The average Bonchev–Trinajstić information content (AvgIpc) is 3.55. The molecular formula is C32H30Cl2F4N6O5. The molecule has 0 spiro atoms. The van der Waals surface area contributed by atoms with Crippen LogP contribution in [0.4, 0.5) is 37.8 Å². The molecule has 3 aromatic carbocycles. The van der Waals surface area contributed by atoms with Gasteiger partial charge in [0.15, 0.2) is 0 Å². The van der Waals surface area contributed by atoms with E-state index in [-0.39, 0.29) is 40.1 Å². The van der Waals surface area contributed by atoms with Crippen LogP contribution in [0.15, 0.2) is 77.3 Å². The number of rotatable bonds is 13. The van der Waals surface area contributed by atoms with Crippen molar-refractivity contribution in [3.63, 3.8) is 0 Å². The number of carbonyl (C=O) groups is 3. The van der Waals surface area contributed by atoms with Crippen LogP contribution in [0.1, 0.15) is 11.1 Å². The van der Waals surface area contributed by atoms with Crippen molar-refractivity contribution in [3.05, 3.63) is 106 Å². The fourth-order valence-corrected chi connectivity index (χ4v) is 4.84. The number of urea groups is 2. The third-order valence-electron chi connectivity index (χ3n) is 7.08. The highest BCUT2D eigenvalue weighted by molar-refractivity contribution is 6.31. The van der Waals surface area contributed by atoms with E-state index in [0.717, 1.165) is 22.6 Å². The van der Waals surface area contributed by atoms with E-state index >= 15 is 0 Å². The number of nitrogens with zero attached hydrogens (tertiary/aromatic N) is 3. The average molecular weight is 726 g/mol. The summed E-state index contributed by atoms with van der Waals surface area (Å²) in [6.07, 6.45) is -4.03. The molecule has 1 heterocycles. The first-order valence-electron chi connectivity index (χ1n) is 14.6. The van der Waals surface area contributed by atoms with E-state index in [1.165, 1.54) is 37.4 Å². The van der Waals surface area contributed by atoms with Crippen molar-refractivity contribution >= 4 is 47.2 Å². The zero-order valence-corrected chi connectivity index (χ0v) is 27.3. The lowest BCUT2D eigenvalue weighted by atomic mass is 10.2. The molecule has 1 aromatic heterocycles. The summed E-state index contributed by atoms with van der Waals surface area (Å²) in [6, 6.07) is 15.4. The molecule has 49 heavy (non-hydrogen) atoms. The van der Waals surface area contributed by atoms with E-state index < -0.39 is 62.0 Å². The number of hydrogen-bond acceptors (Lipinski definition) is 6. The number of nitrogens with one attached hydrogen (secondary N) is 3. The van der Waals surface area contributed by atoms with E-state index in [9.17, 15) is 31.9 Å². The molecule has 0 radical (unpaired) electrons. The van der Waals surface area contributed by atoms with Crippen molar-refractivity contribution in [2.75, 3.05) is 32.1 Å². The van der Waals surface area contributed by atoms with Gasteiger partial charge in [0.05, 0.1) is 22.6 Å². The predicted molar refractivity (Wildman–Crippen MR) is 173 cm³/mol. The number of amides is 5. The van der Waals surface area contributed by atoms with Gasteiger partial charge in [-0.1, -0.05) is 83.0 Å². The van der Waals surface area contributed by atoms with Gasteiger partial charge < -0.3 is 29.7 Å². The van der Waals surface area contributed by atoms with E-state index in [4.69, 9.17) is 32.5 Å². The van der Waals surface area contributed by atoms with Crippen molar-refractivity contribution in [3.8, 4) is 11.3 Å². The van der Waals surface area contributed by atoms with Gasteiger partial charge in [-0.05, 0) is 23.3 Å². The number of benzene rings is 3. The zero-order chi connectivity index (χ0) is 35.5. The van der Waals surface area contributed by atoms with Crippen LogP contribution in [0.2, 0.25) is 10.0 Å². The van der Waals surface area contributed by atoms with Crippen LogP contribution in [-0.2, 0) is 17.8 Å². The molecule has 11 nitrogen and oxygen atoms in total. The van der Waals surface area contributed by atoms with Crippen LogP contribution in [0, 0.1) is 11.6 Å². The van der Waals surface area contributed by atoms with E-state index in [2.05, 4.69) is 21.1 Å². The Morgan fingerprint density at radius 1 is 0.857 bits per heavy atom. The second-order valence-corrected chi connectivity index (χ2v) is 11.2. The van der Waals surface area contributed by atoms with Crippen LogP contribution in [-0.4, -0.2) is 72.3 Å². The van der Waals surface area contributed by atoms with Gasteiger partial charge in [-0.15, -0.1) is 0 Å². The maximum Gasteiger partial charge on any atom is 0.414 e. The number of likely N-dealkylation sites (N-methyl/N-ethyl adjacent to an activating group) is 1. The zero-order valence-electron chi connectivity index (χ0n) is 25.8. The monoisotopic (exact) mass is 724 g/mol. The second kappa shape index (κ2) is 17.4. The molecule has 0 saturated carbocycles. The fourth-order valence-electron chi connectivity index (χ4n) is 4.45. The summed E-state index contributed by atoms with van der Waals surface area (Å²) in [4.78, 5) is 40.7. The predicted octanol–water partition coefficient (Wildman–Crippen LogP) is 7.16. The molecule has 5 amide bonds. The number of anilines is 1. The molecule has 1 unspecified atom stereocenters. The first-order chi connectivity index (χ1) is 23.4. The molecule has 17 heteroatoms. The SMILES string of the molecule is CN(C(=O)NCc1cccc(F)c1Cl)C(COC(=O)Nc1cc(-c2ccccc2)no1)CN(CC(F)F)C(=O)NCc1cccc(F)c1Cl. The molecule has 0 aliphatic rings. The molecule has 0 aliphatic carbocycles. The van der Waals surface area contributed by atoms with Crippen molar-refractivity contribution in [1.82, 2.24) is 25.6 Å². The summed E-state index contributed by atoms with van der Waals surface area (Å²) in [5.74, 6) is -1.50. The highest BCUT2D eigenvalue weighted by atomic mass is 35.5. The molecule has 0 fully saturated rings. The quantitative estimate of drug-likeness (QED) is 0.126. The summed E-state index contributed by atoms with van der Waals surface area (Å²) in [5, 5.41) is 10.7. The Bertz CT molecular complexity index is 1750. The van der Waals surface area contributed by atoms with Crippen LogP contribution < -0.4 is 16.0 Å². The highest BCUT2D eigenvalue weighted by Crippen LogP contribution is 2.22. The smallest absolute Gasteiger partial charge is 0.414 e. The van der Waals surface area contributed by atoms with E-state index in [0.29, 0.717) is 10.6 Å².